The molecule has 2 aromatic rings. The number of rotatable bonds is 3. The van der Waals surface area contributed by atoms with Crippen LogP contribution < -0.4 is 4.90 Å². The van der Waals surface area contributed by atoms with Gasteiger partial charge < -0.3 is 4.74 Å². The number of para-hydroxylation sites is 1. The predicted molar refractivity (Wildman–Crippen MR) is 100 cm³/mol. The fourth-order valence-corrected chi connectivity index (χ4v) is 2.61. The van der Waals surface area contributed by atoms with Gasteiger partial charge >= 0.3 is 5.97 Å². The molecule has 25 heavy (non-hydrogen) atoms. The summed E-state index contributed by atoms with van der Waals surface area (Å²) < 4.78 is 4.91. The number of carbonyl (C=O) groups excluding carboxylic acids is 2. The highest BCUT2D eigenvalue weighted by molar-refractivity contribution is 6.08. The van der Waals surface area contributed by atoms with Crippen LogP contribution >= 0.6 is 0 Å². The molecule has 2 rings (SSSR count). The zero-order valence-corrected chi connectivity index (χ0v) is 15.7. The lowest BCUT2D eigenvalue weighted by Gasteiger charge is -2.32. The molecule has 0 aliphatic carbocycles. The number of benzene rings is 2. The normalized spacial score (nSPS) is 11.1. The van der Waals surface area contributed by atoms with Crippen LogP contribution in [0, 0.1) is 19.3 Å². The Bertz CT molecular complexity index is 803. The van der Waals surface area contributed by atoms with Gasteiger partial charge in [-0.1, -0.05) is 45.0 Å². The van der Waals surface area contributed by atoms with E-state index in [-0.39, 0.29) is 5.91 Å². The van der Waals surface area contributed by atoms with Crippen molar-refractivity contribution in [1.82, 2.24) is 0 Å². The van der Waals surface area contributed by atoms with E-state index < -0.39 is 11.4 Å². The zero-order chi connectivity index (χ0) is 18.8. The highest BCUT2D eigenvalue weighted by atomic mass is 16.5. The van der Waals surface area contributed by atoms with Crippen LogP contribution in [0.3, 0.4) is 0 Å². The standard InChI is InChI=1S/C21H25NO3/c1-14-10-9-13-17(15(14)2)22(20(24)21(3,4)5)18-12-8-7-11-16(18)19(23)25-6/h7-13H,1-6H3. The molecule has 0 atom stereocenters. The van der Waals surface area contributed by atoms with E-state index in [4.69, 9.17) is 4.74 Å². The number of ether oxygens (including phenoxy) is 1. The third-order valence-corrected chi connectivity index (χ3v) is 4.21. The van der Waals surface area contributed by atoms with Gasteiger partial charge in [0, 0.05) is 5.41 Å². The van der Waals surface area contributed by atoms with Gasteiger partial charge in [-0.25, -0.2) is 4.79 Å². The summed E-state index contributed by atoms with van der Waals surface area (Å²) in [6.45, 7) is 9.59. The molecule has 2 aromatic carbocycles. The smallest absolute Gasteiger partial charge is 0.339 e. The van der Waals surface area contributed by atoms with Gasteiger partial charge in [-0.05, 0) is 43.2 Å². The van der Waals surface area contributed by atoms with E-state index in [0.717, 1.165) is 16.8 Å². The number of nitrogens with zero attached hydrogens (tertiary/aromatic N) is 1. The second-order valence-electron chi connectivity index (χ2n) is 7.12. The highest BCUT2D eigenvalue weighted by Crippen LogP contribution is 2.36. The number of hydrogen-bond donors (Lipinski definition) is 0. The molecule has 0 fully saturated rings. The van der Waals surface area contributed by atoms with Crippen LogP contribution in [-0.4, -0.2) is 19.0 Å². The zero-order valence-electron chi connectivity index (χ0n) is 15.7. The van der Waals surface area contributed by atoms with Crippen molar-refractivity contribution in [3.05, 3.63) is 59.2 Å². The molecule has 4 heteroatoms. The van der Waals surface area contributed by atoms with Crippen molar-refractivity contribution in [3.63, 3.8) is 0 Å². The summed E-state index contributed by atoms with van der Waals surface area (Å²) in [4.78, 5) is 27.1. The monoisotopic (exact) mass is 339 g/mol. The average Bonchev–Trinajstić information content (AvgIpc) is 2.57. The van der Waals surface area contributed by atoms with Crippen LogP contribution in [0.15, 0.2) is 42.5 Å². The van der Waals surface area contributed by atoms with Crippen LogP contribution in [0.4, 0.5) is 11.4 Å². The summed E-state index contributed by atoms with van der Waals surface area (Å²) in [7, 11) is 1.34. The summed E-state index contributed by atoms with van der Waals surface area (Å²) in [5, 5.41) is 0. The van der Waals surface area contributed by atoms with E-state index in [2.05, 4.69) is 0 Å². The molecule has 0 unspecified atom stereocenters. The minimum absolute atomic E-state index is 0.0856. The van der Waals surface area contributed by atoms with Gasteiger partial charge in [-0.2, -0.15) is 0 Å². The minimum Gasteiger partial charge on any atom is -0.465 e. The van der Waals surface area contributed by atoms with E-state index in [1.54, 1.807) is 23.1 Å². The molecule has 0 heterocycles. The molecule has 0 saturated carbocycles. The van der Waals surface area contributed by atoms with E-state index in [1.807, 2.05) is 58.9 Å². The molecule has 0 bridgehead atoms. The molecule has 0 aromatic heterocycles. The molecule has 4 nitrogen and oxygen atoms in total. The Hall–Kier alpha value is -2.62. The quantitative estimate of drug-likeness (QED) is 0.755. The third-order valence-electron chi connectivity index (χ3n) is 4.21. The topological polar surface area (TPSA) is 46.6 Å². The molecule has 0 N–H and O–H groups in total. The SMILES string of the molecule is COC(=O)c1ccccc1N(C(=O)C(C)(C)C)c1cccc(C)c1C. The Kier molecular flexibility index (Phi) is 5.31. The molecular weight excluding hydrogens is 314 g/mol. The number of esters is 1. The Morgan fingerprint density at radius 1 is 0.920 bits per heavy atom. The van der Waals surface area contributed by atoms with E-state index in [1.165, 1.54) is 7.11 Å². The Labute approximate surface area is 149 Å². The van der Waals surface area contributed by atoms with E-state index in [0.29, 0.717) is 11.3 Å². The predicted octanol–water partition coefficient (Wildman–Crippen LogP) is 4.80. The number of amides is 1. The molecule has 0 aliphatic rings. The number of hydrogen-bond acceptors (Lipinski definition) is 3. The first kappa shape index (κ1) is 18.7. The Balaban J connectivity index is 2.76. The minimum atomic E-state index is -0.612. The summed E-state index contributed by atoms with van der Waals surface area (Å²) in [5.74, 6) is -0.551. The molecule has 0 aliphatic heterocycles. The maximum Gasteiger partial charge on any atom is 0.339 e. The van der Waals surface area contributed by atoms with Crippen LogP contribution in [0.2, 0.25) is 0 Å². The Morgan fingerprint density at radius 3 is 2.12 bits per heavy atom. The molecule has 1 amide bonds. The second-order valence-corrected chi connectivity index (χ2v) is 7.12. The first-order valence-corrected chi connectivity index (χ1v) is 8.26. The van der Waals surface area contributed by atoms with Gasteiger partial charge in [0.2, 0.25) is 5.91 Å². The van der Waals surface area contributed by atoms with Gasteiger partial charge in [0.05, 0.1) is 24.0 Å². The van der Waals surface area contributed by atoms with Crippen molar-refractivity contribution < 1.29 is 14.3 Å². The molecule has 0 spiro atoms. The third kappa shape index (κ3) is 3.73. The number of aryl methyl sites for hydroxylation is 1. The maximum atomic E-state index is 13.3. The van der Waals surface area contributed by atoms with Crippen molar-refractivity contribution in [2.24, 2.45) is 5.41 Å². The van der Waals surface area contributed by atoms with Gasteiger partial charge in [0.1, 0.15) is 0 Å². The number of carbonyl (C=O) groups is 2. The van der Waals surface area contributed by atoms with Gasteiger partial charge in [0.25, 0.3) is 0 Å². The summed E-state index contributed by atoms with van der Waals surface area (Å²) in [6.07, 6.45) is 0. The van der Waals surface area contributed by atoms with Crippen LogP contribution in [0.25, 0.3) is 0 Å². The van der Waals surface area contributed by atoms with Crippen LogP contribution in [0.5, 0.6) is 0 Å². The molecule has 0 radical (unpaired) electrons. The highest BCUT2D eigenvalue weighted by Gasteiger charge is 2.32. The first-order chi connectivity index (χ1) is 11.7. The average molecular weight is 339 g/mol. The van der Waals surface area contributed by atoms with Gasteiger partial charge in [0.15, 0.2) is 0 Å². The second kappa shape index (κ2) is 7.09. The summed E-state index contributed by atoms with van der Waals surface area (Å²) in [6, 6.07) is 12.9. The number of methoxy groups -OCH3 is 1. The van der Waals surface area contributed by atoms with Crippen molar-refractivity contribution >= 4 is 23.3 Å². The summed E-state index contributed by atoms with van der Waals surface area (Å²) in [5.41, 5.74) is 3.14. The lowest BCUT2D eigenvalue weighted by molar-refractivity contribution is -0.125. The molecular formula is C21H25NO3. The maximum absolute atomic E-state index is 13.3. The first-order valence-electron chi connectivity index (χ1n) is 8.26. The molecule has 132 valence electrons. The van der Waals surface area contributed by atoms with Crippen molar-refractivity contribution in [3.8, 4) is 0 Å². The molecule has 0 saturated heterocycles. The van der Waals surface area contributed by atoms with Crippen molar-refractivity contribution in [1.29, 1.82) is 0 Å². The van der Waals surface area contributed by atoms with Crippen molar-refractivity contribution in [2.75, 3.05) is 12.0 Å². The lowest BCUT2D eigenvalue weighted by atomic mass is 9.92. The van der Waals surface area contributed by atoms with Crippen LogP contribution in [0.1, 0.15) is 42.3 Å². The summed E-state index contributed by atoms with van der Waals surface area (Å²) >= 11 is 0. The van der Waals surface area contributed by atoms with Crippen molar-refractivity contribution in [2.45, 2.75) is 34.6 Å². The van der Waals surface area contributed by atoms with Gasteiger partial charge in [-0.15, -0.1) is 0 Å². The van der Waals surface area contributed by atoms with Crippen LogP contribution in [-0.2, 0) is 9.53 Å². The fourth-order valence-electron chi connectivity index (χ4n) is 2.61. The van der Waals surface area contributed by atoms with E-state index >= 15 is 0 Å². The van der Waals surface area contributed by atoms with E-state index in [9.17, 15) is 9.59 Å². The fraction of sp³-hybridized carbons (Fsp3) is 0.333. The number of anilines is 2. The largest absolute Gasteiger partial charge is 0.465 e. The lowest BCUT2D eigenvalue weighted by Crippen LogP contribution is -2.37. The Morgan fingerprint density at radius 2 is 1.52 bits per heavy atom. The van der Waals surface area contributed by atoms with Gasteiger partial charge in [-0.3, -0.25) is 9.69 Å².